The van der Waals surface area contributed by atoms with Crippen molar-refractivity contribution in [3.63, 3.8) is 0 Å². The molecular formula is C15H24N2O2. The fourth-order valence-electron chi connectivity index (χ4n) is 1.87. The highest BCUT2D eigenvalue weighted by molar-refractivity contribution is 5.77. The Bertz CT molecular complexity index is 372. The highest BCUT2D eigenvalue weighted by atomic mass is 16.5. The number of rotatable bonds is 8. The first-order chi connectivity index (χ1) is 9.21. The topological polar surface area (TPSA) is 55.6 Å². The summed E-state index contributed by atoms with van der Waals surface area (Å²) in [5.74, 6) is 0.759. The SMILES string of the molecule is CCN(CC)C(=O)COc1ccc(CCCN)cc1. The summed E-state index contributed by atoms with van der Waals surface area (Å²) in [5.41, 5.74) is 6.72. The van der Waals surface area contributed by atoms with Gasteiger partial charge in [0.2, 0.25) is 0 Å². The summed E-state index contributed by atoms with van der Waals surface area (Å²) in [4.78, 5) is 13.5. The number of carbonyl (C=O) groups excluding carboxylic acids is 1. The molecule has 0 aliphatic carbocycles. The van der Waals surface area contributed by atoms with Crippen molar-refractivity contribution >= 4 is 5.91 Å². The second-order valence-corrected chi connectivity index (χ2v) is 4.39. The summed E-state index contributed by atoms with van der Waals surface area (Å²) in [6.07, 6.45) is 1.97. The van der Waals surface area contributed by atoms with Gasteiger partial charge >= 0.3 is 0 Å². The van der Waals surface area contributed by atoms with Gasteiger partial charge in [0.15, 0.2) is 6.61 Å². The fraction of sp³-hybridized carbons (Fsp3) is 0.533. The summed E-state index contributed by atoms with van der Waals surface area (Å²) < 4.78 is 5.50. The van der Waals surface area contributed by atoms with Crippen LogP contribution in [0.5, 0.6) is 5.75 Å². The zero-order valence-electron chi connectivity index (χ0n) is 11.9. The summed E-state index contributed by atoms with van der Waals surface area (Å²) in [7, 11) is 0. The first-order valence-electron chi connectivity index (χ1n) is 6.90. The van der Waals surface area contributed by atoms with Crippen molar-refractivity contribution in [3.8, 4) is 5.75 Å². The van der Waals surface area contributed by atoms with Crippen molar-refractivity contribution < 1.29 is 9.53 Å². The maximum absolute atomic E-state index is 11.8. The van der Waals surface area contributed by atoms with E-state index in [2.05, 4.69) is 0 Å². The second kappa shape index (κ2) is 8.53. The van der Waals surface area contributed by atoms with Gasteiger partial charge in [-0.25, -0.2) is 0 Å². The number of hydrogen-bond acceptors (Lipinski definition) is 3. The normalized spacial score (nSPS) is 10.3. The van der Waals surface area contributed by atoms with E-state index in [-0.39, 0.29) is 12.5 Å². The number of nitrogens with zero attached hydrogens (tertiary/aromatic N) is 1. The Morgan fingerprint density at radius 1 is 1.21 bits per heavy atom. The predicted molar refractivity (Wildman–Crippen MR) is 77.2 cm³/mol. The molecule has 1 aromatic rings. The minimum Gasteiger partial charge on any atom is -0.484 e. The molecular weight excluding hydrogens is 240 g/mol. The Labute approximate surface area is 115 Å². The average Bonchev–Trinajstić information content (AvgIpc) is 2.45. The van der Waals surface area contributed by atoms with Crippen LogP contribution in [0.1, 0.15) is 25.8 Å². The van der Waals surface area contributed by atoms with Gasteiger partial charge in [-0.1, -0.05) is 12.1 Å². The molecule has 0 saturated carbocycles. The lowest BCUT2D eigenvalue weighted by atomic mass is 10.1. The molecule has 0 heterocycles. The summed E-state index contributed by atoms with van der Waals surface area (Å²) >= 11 is 0. The molecule has 4 heteroatoms. The van der Waals surface area contributed by atoms with Crippen LogP contribution in [0.25, 0.3) is 0 Å². The van der Waals surface area contributed by atoms with Crippen LogP contribution < -0.4 is 10.5 Å². The molecule has 0 aliphatic rings. The number of likely N-dealkylation sites (N-methyl/N-ethyl adjacent to an activating group) is 1. The van der Waals surface area contributed by atoms with E-state index in [0.29, 0.717) is 6.54 Å². The molecule has 0 fully saturated rings. The Morgan fingerprint density at radius 2 is 1.84 bits per heavy atom. The van der Waals surface area contributed by atoms with E-state index in [0.717, 1.165) is 31.7 Å². The number of amides is 1. The van der Waals surface area contributed by atoms with Crippen LogP contribution in [0.2, 0.25) is 0 Å². The van der Waals surface area contributed by atoms with Gasteiger partial charge in [-0.3, -0.25) is 4.79 Å². The Hall–Kier alpha value is -1.55. The monoisotopic (exact) mass is 264 g/mol. The number of carbonyl (C=O) groups is 1. The van der Waals surface area contributed by atoms with Crippen molar-refractivity contribution in [1.29, 1.82) is 0 Å². The second-order valence-electron chi connectivity index (χ2n) is 4.39. The molecule has 0 spiro atoms. The van der Waals surface area contributed by atoms with Crippen LogP contribution in [0.3, 0.4) is 0 Å². The van der Waals surface area contributed by atoms with Crippen LogP contribution in [0.4, 0.5) is 0 Å². The summed E-state index contributed by atoms with van der Waals surface area (Å²) in [6.45, 7) is 6.18. The Morgan fingerprint density at radius 3 is 2.37 bits per heavy atom. The third-order valence-electron chi connectivity index (χ3n) is 3.07. The number of hydrogen-bond donors (Lipinski definition) is 1. The minimum atomic E-state index is 0.0252. The molecule has 0 aliphatic heterocycles. The standard InChI is InChI=1S/C15H24N2O2/c1-3-17(4-2)15(18)12-19-14-9-7-13(8-10-14)6-5-11-16/h7-10H,3-6,11-12,16H2,1-2H3. The zero-order chi connectivity index (χ0) is 14.1. The van der Waals surface area contributed by atoms with Crippen molar-refractivity contribution in [3.05, 3.63) is 29.8 Å². The maximum atomic E-state index is 11.8. The number of ether oxygens (including phenoxy) is 1. The molecule has 0 aromatic heterocycles. The largest absolute Gasteiger partial charge is 0.484 e. The van der Waals surface area contributed by atoms with E-state index in [9.17, 15) is 4.79 Å². The zero-order valence-corrected chi connectivity index (χ0v) is 11.9. The molecule has 1 rings (SSSR count). The van der Waals surface area contributed by atoms with Crippen molar-refractivity contribution in [2.24, 2.45) is 5.73 Å². The first-order valence-corrected chi connectivity index (χ1v) is 6.90. The third-order valence-corrected chi connectivity index (χ3v) is 3.07. The van der Waals surface area contributed by atoms with Crippen LogP contribution in [0, 0.1) is 0 Å². The van der Waals surface area contributed by atoms with Gasteiger partial charge in [0.05, 0.1) is 0 Å². The van der Waals surface area contributed by atoms with Gasteiger partial charge in [0, 0.05) is 13.1 Å². The van der Waals surface area contributed by atoms with Crippen LogP contribution in [0.15, 0.2) is 24.3 Å². The molecule has 0 radical (unpaired) electrons. The predicted octanol–water partition coefficient (Wildman–Crippen LogP) is 1.83. The molecule has 1 aromatic carbocycles. The van der Waals surface area contributed by atoms with Crippen molar-refractivity contribution in [1.82, 2.24) is 4.90 Å². The maximum Gasteiger partial charge on any atom is 0.260 e. The van der Waals surface area contributed by atoms with Gasteiger partial charge in [-0.2, -0.15) is 0 Å². The molecule has 2 N–H and O–H groups in total. The molecule has 19 heavy (non-hydrogen) atoms. The first kappa shape index (κ1) is 15.5. The quantitative estimate of drug-likeness (QED) is 0.779. The molecule has 0 atom stereocenters. The van der Waals surface area contributed by atoms with Crippen molar-refractivity contribution in [2.75, 3.05) is 26.2 Å². The lowest BCUT2D eigenvalue weighted by Crippen LogP contribution is -2.34. The van der Waals surface area contributed by atoms with Gasteiger partial charge < -0.3 is 15.4 Å². The van der Waals surface area contributed by atoms with Gasteiger partial charge in [-0.15, -0.1) is 0 Å². The fourth-order valence-corrected chi connectivity index (χ4v) is 1.87. The van der Waals surface area contributed by atoms with E-state index in [4.69, 9.17) is 10.5 Å². The van der Waals surface area contributed by atoms with Crippen molar-refractivity contribution in [2.45, 2.75) is 26.7 Å². The van der Waals surface area contributed by atoms with Gasteiger partial charge in [0.1, 0.15) is 5.75 Å². The van der Waals surface area contributed by atoms with E-state index >= 15 is 0 Å². The van der Waals surface area contributed by atoms with Crippen LogP contribution in [-0.4, -0.2) is 37.0 Å². The smallest absolute Gasteiger partial charge is 0.260 e. The van der Waals surface area contributed by atoms with E-state index in [1.807, 2.05) is 38.1 Å². The lowest BCUT2D eigenvalue weighted by molar-refractivity contribution is -0.132. The molecule has 1 amide bonds. The van der Waals surface area contributed by atoms with E-state index < -0.39 is 0 Å². The molecule has 0 saturated heterocycles. The highest BCUT2D eigenvalue weighted by Gasteiger charge is 2.09. The van der Waals surface area contributed by atoms with Gasteiger partial charge in [0.25, 0.3) is 5.91 Å². The van der Waals surface area contributed by atoms with E-state index in [1.165, 1.54) is 5.56 Å². The number of benzene rings is 1. The average molecular weight is 264 g/mol. The highest BCUT2D eigenvalue weighted by Crippen LogP contribution is 2.13. The van der Waals surface area contributed by atoms with Gasteiger partial charge in [-0.05, 0) is 50.9 Å². The summed E-state index contributed by atoms with van der Waals surface area (Å²) in [5, 5.41) is 0. The molecule has 0 unspecified atom stereocenters. The Kier molecular flexibility index (Phi) is 6.97. The molecule has 106 valence electrons. The van der Waals surface area contributed by atoms with Crippen LogP contribution in [-0.2, 0) is 11.2 Å². The Balaban J connectivity index is 2.43. The summed E-state index contributed by atoms with van der Waals surface area (Å²) in [6, 6.07) is 7.85. The number of aryl methyl sites for hydroxylation is 1. The third kappa shape index (κ3) is 5.30. The number of nitrogens with two attached hydrogens (primary N) is 1. The van der Waals surface area contributed by atoms with E-state index in [1.54, 1.807) is 4.90 Å². The van der Waals surface area contributed by atoms with Crippen LogP contribution >= 0.6 is 0 Å². The lowest BCUT2D eigenvalue weighted by Gasteiger charge is -2.18. The molecule has 4 nitrogen and oxygen atoms in total. The molecule has 0 bridgehead atoms. The minimum absolute atomic E-state index is 0.0252.